The molecule has 2 aromatic heterocycles. The van der Waals surface area contributed by atoms with Crippen molar-refractivity contribution in [3.63, 3.8) is 0 Å². The third-order valence-corrected chi connectivity index (χ3v) is 6.93. The Morgan fingerprint density at radius 3 is 2.54 bits per heavy atom. The van der Waals surface area contributed by atoms with Gasteiger partial charge in [0.15, 0.2) is 0 Å². The number of carbonyl (C=O) groups is 1. The highest BCUT2D eigenvalue weighted by Crippen LogP contribution is 2.39. The number of H-pyrrole nitrogens is 1. The molecule has 1 unspecified atom stereocenters. The van der Waals surface area contributed by atoms with Crippen LogP contribution in [0.3, 0.4) is 0 Å². The predicted molar refractivity (Wildman–Crippen MR) is 120 cm³/mol. The number of aromatic nitrogens is 2. The van der Waals surface area contributed by atoms with Gasteiger partial charge in [0, 0.05) is 41.7 Å². The van der Waals surface area contributed by atoms with Crippen LogP contribution in [-0.2, 0) is 12.8 Å². The lowest BCUT2D eigenvalue weighted by molar-refractivity contribution is -0.274. The number of rotatable bonds is 3. The number of aliphatic hydroxyl groups is 1. The fourth-order valence-corrected chi connectivity index (χ4v) is 5.31. The minimum atomic E-state index is -4.79. The van der Waals surface area contributed by atoms with Crippen molar-refractivity contribution in [2.75, 3.05) is 13.1 Å². The maximum absolute atomic E-state index is 15.1. The third kappa shape index (κ3) is 4.84. The van der Waals surface area contributed by atoms with Gasteiger partial charge in [0.25, 0.3) is 5.91 Å². The molecule has 1 fully saturated rings. The van der Waals surface area contributed by atoms with E-state index in [1.165, 1.54) is 18.3 Å². The number of amides is 1. The van der Waals surface area contributed by atoms with E-state index in [-0.39, 0.29) is 29.0 Å². The van der Waals surface area contributed by atoms with Crippen molar-refractivity contribution in [1.82, 2.24) is 14.9 Å². The molecule has 1 atom stereocenters. The Balaban J connectivity index is 1.33. The Morgan fingerprint density at radius 1 is 1.14 bits per heavy atom. The molecule has 0 radical (unpaired) electrons. The van der Waals surface area contributed by atoms with Crippen LogP contribution in [-0.4, -0.2) is 51.4 Å². The van der Waals surface area contributed by atoms with E-state index in [1.54, 1.807) is 4.90 Å². The highest BCUT2D eigenvalue weighted by molar-refractivity contribution is 5.94. The average Bonchev–Trinajstić information content (AvgIpc) is 3.04. The number of carbonyl (C=O) groups excluding carboxylic acids is 1. The molecule has 6 nitrogen and oxygen atoms in total. The molecule has 3 heterocycles. The normalized spacial score (nSPS) is 19.5. The number of hydrogen-bond acceptors (Lipinski definition) is 4. The molecule has 1 amide bonds. The number of pyridine rings is 1. The summed E-state index contributed by atoms with van der Waals surface area (Å²) in [7, 11) is 0. The van der Waals surface area contributed by atoms with E-state index in [0.29, 0.717) is 50.0 Å². The van der Waals surface area contributed by atoms with Crippen molar-refractivity contribution < 1.29 is 32.2 Å². The van der Waals surface area contributed by atoms with Crippen LogP contribution in [0.4, 0.5) is 17.6 Å². The minimum absolute atomic E-state index is 0.118. The number of piperidine rings is 1. The van der Waals surface area contributed by atoms with E-state index in [9.17, 15) is 23.1 Å². The van der Waals surface area contributed by atoms with Gasteiger partial charge in [-0.15, -0.1) is 13.2 Å². The lowest BCUT2D eigenvalue weighted by Crippen LogP contribution is -2.38. The monoisotopic (exact) mass is 491 g/mol. The summed E-state index contributed by atoms with van der Waals surface area (Å²) >= 11 is 0. The lowest BCUT2D eigenvalue weighted by Gasteiger charge is -2.33. The highest BCUT2D eigenvalue weighted by Gasteiger charge is 2.32. The number of aliphatic hydroxyl groups excluding tert-OH is 1. The van der Waals surface area contributed by atoms with Gasteiger partial charge in [-0.3, -0.25) is 4.79 Å². The van der Waals surface area contributed by atoms with Crippen molar-refractivity contribution in [2.45, 2.75) is 56.9 Å². The minimum Gasteiger partial charge on any atom is -0.406 e. The molecule has 5 rings (SSSR count). The zero-order valence-corrected chi connectivity index (χ0v) is 18.9. The second kappa shape index (κ2) is 9.14. The van der Waals surface area contributed by atoms with Crippen LogP contribution in [0.15, 0.2) is 30.5 Å². The zero-order valence-electron chi connectivity index (χ0n) is 18.9. The molecule has 1 aromatic carbocycles. The number of fused-ring (bicyclic) bond motifs is 3. The van der Waals surface area contributed by atoms with Crippen LogP contribution >= 0.6 is 0 Å². The van der Waals surface area contributed by atoms with Gasteiger partial charge in [-0.2, -0.15) is 0 Å². The molecule has 0 spiro atoms. The Hall–Kier alpha value is -3.14. The van der Waals surface area contributed by atoms with Crippen LogP contribution in [0.5, 0.6) is 5.75 Å². The Labute approximate surface area is 198 Å². The molecule has 35 heavy (non-hydrogen) atoms. The van der Waals surface area contributed by atoms with Gasteiger partial charge in [0.2, 0.25) is 0 Å². The summed E-state index contributed by atoms with van der Waals surface area (Å²) in [5, 5.41) is 11.1. The molecule has 10 heteroatoms. The molecule has 0 saturated carbocycles. The van der Waals surface area contributed by atoms with E-state index < -0.39 is 12.5 Å². The zero-order chi connectivity index (χ0) is 24.7. The number of ether oxygens (including phenoxy) is 1. The van der Waals surface area contributed by atoms with E-state index in [1.807, 2.05) is 0 Å². The smallest absolute Gasteiger partial charge is 0.406 e. The van der Waals surface area contributed by atoms with Crippen LogP contribution in [0.25, 0.3) is 11.0 Å². The number of benzene rings is 1. The van der Waals surface area contributed by atoms with Crippen LogP contribution in [0, 0.1) is 5.82 Å². The first-order valence-corrected chi connectivity index (χ1v) is 11.7. The topological polar surface area (TPSA) is 78.5 Å². The van der Waals surface area contributed by atoms with Crippen LogP contribution < -0.4 is 4.74 Å². The van der Waals surface area contributed by atoms with Gasteiger partial charge >= 0.3 is 6.36 Å². The summed E-state index contributed by atoms with van der Waals surface area (Å²) in [5.74, 6) is -1.18. The molecule has 1 aliphatic heterocycles. The Kier molecular flexibility index (Phi) is 6.16. The van der Waals surface area contributed by atoms with Gasteiger partial charge < -0.3 is 19.7 Å². The number of likely N-dealkylation sites (tertiary alicyclic amines) is 1. The standard InChI is InChI=1S/C25H25F4N3O3/c26-19-13-30-23-22(18-12-16(33)2-1-3-20(18)31-23)21(19)14-8-10-32(11-9-14)24(34)15-4-6-17(7-5-15)35-25(27,28)29/h4-7,13-14,16,33H,1-3,8-12H2,(H,30,31). The Morgan fingerprint density at radius 2 is 1.86 bits per heavy atom. The van der Waals surface area contributed by atoms with Crippen molar-refractivity contribution in [3.8, 4) is 5.75 Å². The van der Waals surface area contributed by atoms with Crippen LogP contribution in [0.2, 0.25) is 0 Å². The van der Waals surface area contributed by atoms with E-state index in [4.69, 9.17) is 0 Å². The summed E-state index contributed by atoms with van der Waals surface area (Å²) in [5.41, 5.74) is 3.41. The maximum Gasteiger partial charge on any atom is 0.573 e. The van der Waals surface area contributed by atoms with Gasteiger partial charge in [0.05, 0.1) is 12.3 Å². The lowest BCUT2D eigenvalue weighted by atomic mass is 9.86. The molecule has 2 aliphatic rings. The SMILES string of the molecule is O=C(c1ccc(OC(F)(F)F)cc1)N1CCC(c2c(F)cnc3[nH]c4c(c23)CC(O)CCC4)CC1. The fraction of sp³-hybridized carbons (Fsp3) is 0.440. The van der Waals surface area contributed by atoms with Crippen molar-refractivity contribution in [3.05, 3.63) is 58.7 Å². The Bertz CT molecular complexity index is 1230. The summed E-state index contributed by atoms with van der Waals surface area (Å²) < 4.78 is 56.1. The quantitative estimate of drug-likeness (QED) is 0.405. The number of alkyl halides is 3. The van der Waals surface area contributed by atoms with Crippen molar-refractivity contribution in [1.29, 1.82) is 0 Å². The predicted octanol–water partition coefficient (Wildman–Crippen LogP) is 4.86. The molecule has 0 bridgehead atoms. The number of nitrogens with zero attached hydrogens (tertiary/aromatic N) is 2. The molecule has 3 aromatic rings. The van der Waals surface area contributed by atoms with Gasteiger partial charge in [-0.1, -0.05) is 0 Å². The number of nitrogens with one attached hydrogen (secondary N) is 1. The molecular formula is C25H25F4N3O3. The summed E-state index contributed by atoms with van der Waals surface area (Å²) in [6, 6.07) is 4.84. The first-order valence-electron chi connectivity index (χ1n) is 11.7. The molecule has 186 valence electrons. The summed E-state index contributed by atoms with van der Waals surface area (Å²) in [6.07, 6.45) is -0.169. The summed E-state index contributed by atoms with van der Waals surface area (Å²) in [6.45, 7) is 0.783. The van der Waals surface area contributed by atoms with Gasteiger partial charge in [-0.05, 0) is 67.9 Å². The molecule has 1 aliphatic carbocycles. The van der Waals surface area contributed by atoms with E-state index in [2.05, 4.69) is 14.7 Å². The first kappa shape index (κ1) is 23.6. The number of hydrogen-bond donors (Lipinski definition) is 2. The summed E-state index contributed by atoms with van der Waals surface area (Å²) in [4.78, 5) is 22.1. The largest absolute Gasteiger partial charge is 0.573 e. The number of aryl methyl sites for hydroxylation is 1. The van der Waals surface area contributed by atoms with Gasteiger partial charge in [0.1, 0.15) is 17.2 Å². The maximum atomic E-state index is 15.1. The van der Waals surface area contributed by atoms with E-state index >= 15 is 4.39 Å². The van der Waals surface area contributed by atoms with Gasteiger partial charge in [-0.25, -0.2) is 9.37 Å². The van der Waals surface area contributed by atoms with Crippen molar-refractivity contribution in [2.24, 2.45) is 0 Å². The highest BCUT2D eigenvalue weighted by atomic mass is 19.4. The second-order valence-corrected chi connectivity index (χ2v) is 9.21. The van der Waals surface area contributed by atoms with E-state index in [0.717, 1.165) is 41.6 Å². The molecule has 1 saturated heterocycles. The average molecular weight is 491 g/mol. The molecular weight excluding hydrogens is 466 g/mol. The first-order chi connectivity index (χ1) is 16.7. The second-order valence-electron chi connectivity index (χ2n) is 9.21. The number of halogens is 4. The molecule has 2 N–H and O–H groups in total. The van der Waals surface area contributed by atoms with Crippen LogP contribution in [0.1, 0.15) is 58.8 Å². The third-order valence-electron chi connectivity index (χ3n) is 6.93. The van der Waals surface area contributed by atoms with Crippen molar-refractivity contribution >= 4 is 16.9 Å². The fourth-order valence-electron chi connectivity index (χ4n) is 5.31. The number of aromatic amines is 1.